The Hall–Kier alpha value is -0.790. The van der Waals surface area contributed by atoms with E-state index in [2.05, 4.69) is 67.0 Å². The molecule has 2 aromatic carbocycles. The number of alkyl halides is 1. The lowest BCUT2D eigenvalue weighted by atomic mass is 9.95. The molecule has 0 aliphatic heterocycles. The van der Waals surface area contributed by atoms with Crippen molar-refractivity contribution in [3.05, 3.63) is 69.7 Å². The SMILES string of the molecule is CCC(C)c1ccc(C(Br)c2cccc(Cl)c2C)cc1. The zero-order chi connectivity index (χ0) is 14.7. The summed E-state index contributed by atoms with van der Waals surface area (Å²) in [5.41, 5.74) is 5.04. The van der Waals surface area contributed by atoms with Gasteiger partial charge in [-0.1, -0.05) is 77.8 Å². The maximum atomic E-state index is 6.21. The zero-order valence-corrected chi connectivity index (χ0v) is 14.5. The fourth-order valence-electron chi connectivity index (χ4n) is 2.31. The van der Waals surface area contributed by atoms with Gasteiger partial charge in [0.1, 0.15) is 0 Å². The Labute approximate surface area is 135 Å². The molecule has 0 aliphatic carbocycles. The van der Waals surface area contributed by atoms with Gasteiger partial charge < -0.3 is 0 Å². The summed E-state index contributed by atoms with van der Waals surface area (Å²) in [6.07, 6.45) is 1.17. The Morgan fingerprint density at radius 3 is 2.25 bits per heavy atom. The molecule has 2 heteroatoms. The zero-order valence-electron chi connectivity index (χ0n) is 12.2. The Morgan fingerprint density at radius 1 is 1.05 bits per heavy atom. The van der Waals surface area contributed by atoms with Crippen molar-refractivity contribution in [2.45, 2.75) is 37.9 Å². The van der Waals surface area contributed by atoms with Crippen LogP contribution in [0.3, 0.4) is 0 Å². The standard InChI is InChI=1S/C18H20BrCl/c1-4-12(2)14-8-10-15(11-9-14)18(19)16-6-5-7-17(20)13(16)3/h5-12,18H,4H2,1-3H3. The normalized spacial score (nSPS) is 14.1. The summed E-state index contributed by atoms with van der Waals surface area (Å²) in [5, 5.41) is 0.822. The molecule has 2 unspecified atom stereocenters. The van der Waals surface area contributed by atoms with Gasteiger partial charge in [-0.2, -0.15) is 0 Å². The molecule has 0 saturated heterocycles. The van der Waals surface area contributed by atoms with Crippen LogP contribution in [-0.2, 0) is 0 Å². The second kappa shape index (κ2) is 6.78. The van der Waals surface area contributed by atoms with Gasteiger partial charge in [0.2, 0.25) is 0 Å². The van der Waals surface area contributed by atoms with E-state index >= 15 is 0 Å². The summed E-state index contributed by atoms with van der Waals surface area (Å²) in [4.78, 5) is 0.187. The van der Waals surface area contributed by atoms with E-state index < -0.39 is 0 Å². The molecule has 0 bridgehead atoms. The number of halogens is 2. The highest BCUT2D eigenvalue weighted by molar-refractivity contribution is 9.09. The minimum atomic E-state index is 0.187. The quantitative estimate of drug-likeness (QED) is 0.541. The predicted octanol–water partition coefficient (Wildman–Crippen LogP) is 6.65. The average molecular weight is 352 g/mol. The van der Waals surface area contributed by atoms with Gasteiger partial charge in [-0.05, 0) is 47.6 Å². The highest BCUT2D eigenvalue weighted by Gasteiger charge is 2.14. The summed E-state index contributed by atoms with van der Waals surface area (Å²) in [6.45, 7) is 6.56. The average Bonchev–Trinajstić information content (AvgIpc) is 2.48. The van der Waals surface area contributed by atoms with E-state index in [0.29, 0.717) is 5.92 Å². The molecule has 0 radical (unpaired) electrons. The molecule has 2 atom stereocenters. The van der Waals surface area contributed by atoms with Gasteiger partial charge in [-0.3, -0.25) is 0 Å². The van der Waals surface area contributed by atoms with Crippen molar-refractivity contribution in [1.29, 1.82) is 0 Å². The topological polar surface area (TPSA) is 0 Å². The number of hydrogen-bond acceptors (Lipinski definition) is 0. The third-order valence-corrected chi connectivity index (χ3v) is 5.42. The first-order valence-corrected chi connectivity index (χ1v) is 8.32. The minimum absolute atomic E-state index is 0.187. The molecule has 0 heterocycles. The summed E-state index contributed by atoms with van der Waals surface area (Å²) in [5.74, 6) is 0.616. The minimum Gasteiger partial charge on any atom is -0.0840 e. The molecule has 0 nitrogen and oxygen atoms in total. The van der Waals surface area contributed by atoms with Crippen LogP contribution >= 0.6 is 27.5 Å². The van der Waals surface area contributed by atoms with Gasteiger partial charge in [0.15, 0.2) is 0 Å². The highest BCUT2D eigenvalue weighted by atomic mass is 79.9. The first-order valence-electron chi connectivity index (χ1n) is 7.03. The number of benzene rings is 2. The summed E-state index contributed by atoms with van der Waals surface area (Å²) < 4.78 is 0. The first kappa shape index (κ1) is 15.6. The lowest BCUT2D eigenvalue weighted by Crippen LogP contribution is -1.98. The van der Waals surface area contributed by atoms with Gasteiger partial charge in [-0.25, -0.2) is 0 Å². The lowest BCUT2D eigenvalue weighted by Gasteiger charge is -2.16. The first-order chi connectivity index (χ1) is 9.54. The molecule has 0 spiro atoms. The van der Waals surface area contributed by atoms with E-state index in [4.69, 9.17) is 11.6 Å². The molecule has 0 aromatic heterocycles. The van der Waals surface area contributed by atoms with Crippen LogP contribution in [0.4, 0.5) is 0 Å². The third kappa shape index (κ3) is 3.27. The molecule has 0 N–H and O–H groups in total. The van der Waals surface area contributed by atoms with Crippen LogP contribution in [0.15, 0.2) is 42.5 Å². The van der Waals surface area contributed by atoms with Crippen LogP contribution in [0.1, 0.15) is 53.3 Å². The fraction of sp³-hybridized carbons (Fsp3) is 0.333. The van der Waals surface area contributed by atoms with Crippen LogP contribution < -0.4 is 0 Å². The van der Waals surface area contributed by atoms with Gasteiger partial charge in [0.05, 0.1) is 4.83 Å². The Balaban J connectivity index is 2.29. The van der Waals surface area contributed by atoms with Crippen molar-refractivity contribution in [3.63, 3.8) is 0 Å². The molecule has 0 fully saturated rings. The van der Waals surface area contributed by atoms with E-state index in [1.807, 2.05) is 12.1 Å². The predicted molar refractivity (Wildman–Crippen MR) is 92.1 cm³/mol. The second-order valence-corrected chi connectivity index (χ2v) is 6.62. The molecule has 20 heavy (non-hydrogen) atoms. The smallest absolute Gasteiger partial charge is 0.0647 e. The van der Waals surface area contributed by atoms with Gasteiger partial charge in [0, 0.05) is 5.02 Å². The molecule has 2 rings (SSSR count). The van der Waals surface area contributed by atoms with Gasteiger partial charge >= 0.3 is 0 Å². The summed E-state index contributed by atoms with van der Waals surface area (Å²) >= 11 is 10.0. The van der Waals surface area contributed by atoms with E-state index in [1.54, 1.807) is 0 Å². The summed E-state index contributed by atoms with van der Waals surface area (Å²) in [7, 11) is 0. The van der Waals surface area contributed by atoms with E-state index in [-0.39, 0.29) is 4.83 Å². The Morgan fingerprint density at radius 2 is 1.65 bits per heavy atom. The van der Waals surface area contributed by atoms with Crippen molar-refractivity contribution < 1.29 is 0 Å². The van der Waals surface area contributed by atoms with Crippen molar-refractivity contribution in [2.24, 2.45) is 0 Å². The van der Waals surface area contributed by atoms with E-state index in [1.165, 1.54) is 23.1 Å². The monoisotopic (exact) mass is 350 g/mol. The molecular weight excluding hydrogens is 332 g/mol. The van der Waals surface area contributed by atoms with Crippen molar-refractivity contribution >= 4 is 27.5 Å². The molecule has 0 amide bonds. The Kier molecular flexibility index (Phi) is 5.29. The summed E-state index contributed by atoms with van der Waals surface area (Å²) in [6, 6.07) is 15.0. The highest BCUT2D eigenvalue weighted by Crippen LogP contribution is 2.35. The van der Waals surface area contributed by atoms with Crippen LogP contribution in [0, 0.1) is 6.92 Å². The van der Waals surface area contributed by atoms with Gasteiger partial charge in [-0.15, -0.1) is 0 Å². The third-order valence-electron chi connectivity index (χ3n) is 3.99. The molecule has 106 valence electrons. The van der Waals surface area contributed by atoms with Crippen LogP contribution in [0.5, 0.6) is 0 Å². The van der Waals surface area contributed by atoms with Crippen molar-refractivity contribution in [1.82, 2.24) is 0 Å². The van der Waals surface area contributed by atoms with Crippen LogP contribution in [0.2, 0.25) is 5.02 Å². The van der Waals surface area contributed by atoms with E-state index in [9.17, 15) is 0 Å². The molecule has 0 saturated carbocycles. The van der Waals surface area contributed by atoms with Crippen molar-refractivity contribution in [2.75, 3.05) is 0 Å². The maximum absolute atomic E-state index is 6.21. The van der Waals surface area contributed by atoms with Crippen LogP contribution in [0.25, 0.3) is 0 Å². The van der Waals surface area contributed by atoms with Crippen LogP contribution in [-0.4, -0.2) is 0 Å². The fourth-order valence-corrected chi connectivity index (χ4v) is 3.29. The molecule has 2 aromatic rings. The second-order valence-electron chi connectivity index (χ2n) is 5.29. The molecular formula is C18H20BrCl. The van der Waals surface area contributed by atoms with Gasteiger partial charge in [0.25, 0.3) is 0 Å². The molecule has 0 aliphatic rings. The number of rotatable bonds is 4. The Bertz CT molecular complexity index is 574. The maximum Gasteiger partial charge on any atom is 0.0647 e. The van der Waals surface area contributed by atoms with E-state index in [0.717, 1.165) is 10.6 Å². The van der Waals surface area contributed by atoms with Crippen molar-refractivity contribution in [3.8, 4) is 0 Å². The largest absolute Gasteiger partial charge is 0.0840 e. The number of hydrogen-bond donors (Lipinski definition) is 0. The lowest BCUT2D eigenvalue weighted by molar-refractivity contribution is 0.733.